The molecule has 13 N–H and O–H groups in total. The second kappa shape index (κ2) is 42.5. The molecule has 0 spiro atoms. The number of nitrogens with two attached hydrogens (primary N) is 2. The van der Waals surface area contributed by atoms with Crippen molar-refractivity contribution in [2.24, 2.45) is 23.3 Å². The number of rotatable bonds is 46. The van der Waals surface area contributed by atoms with Crippen LogP contribution in [0.3, 0.4) is 0 Å². The molecule has 0 aromatic heterocycles. The molecule has 0 bridgehead atoms. The molecule has 0 aliphatic heterocycles. The van der Waals surface area contributed by atoms with Gasteiger partial charge in [-0.05, 0) is 109 Å². The van der Waals surface area contributed by atoms with Crippen molar-refractivity contribution >= 4 is 60.3 Å². The normalized spacial score (nSPS) is 16.2. The van der Waals surface area contributed by atoms with E-state index in [4.69, 9.17) is 21.7 Å². The Morgan fingerprint density at radius 2 is 0.859 bits per heavy atom. The highest BCUT2D eigenvalue weighted by Crippen LogP contribution is 2.29. The van der Waals surface area contributed by atoms with Crippen LogP contribution in [-0.4, -0.2) is 113 Å². The molecular weight excluding hydrogens is 933 g/mol. The Bertz CT molecular complexity index is 1520. The van der Waals surface area contributed by atoms with E-state index in [2.05, 4.69) is 44.1 Å². The smallest absolute Gasteiger partial charge is 0.326 e. The van der Waals surface area contributed by atoms with E-state index in [0.717, 1.165) is 51.4 Å². The van der Waals surface area contributed by atoms with Crippen molar-refractivity contribution in [2.75, 3.05) is 26.2 Å². The average Bonchev–Trinajstić information content (AvgIpc) is 3.34. The number of carboxylic acids is 3. The number of hydrogen-bond donors (Lipinski definition) is 12. The average molecular weight is 1030 g/mol. The minimum Gasteiger partial charge on any atom is -0.481 e. The summed E-state index contributed by atoms with van der Waals surface area (Å²) in [5, 5.41) is 41.5. The van der Waals surface area contributed by atoms with E-state index >= 15 is 0 Å². The van der Waals surface area contributed by atoms with Crippen molar-refractivity contribution in [3.63, 3.8) is 0 Å². The van der Waals surface area contributed by atoms with Gasteiger partial charge < -0.3 is 53.4 Å². The first kappa shape index (κ1) is 65.0. The fraction of sp³-hybridized carbons (Fsp3) is 0.843. The maximum Gasteiger partial charge on any atom is 0.326 e. The molecular formula is C51H94N8O11S. The molecule has 0 aromatic rings. The summed E-state index contributed by atoms with van der Waals surface area (Å²) in [6, 6.07) is -3.34. The molecule has 1 aliphatic carbocycles. The zero-order valence-electron chi connectivity index (χ0n) is 42.8. The molecule has 5 amide bonds. The van der Waals surface area contributed by atoms with Crippen LogP contribution >= 0.6 is 12.8 Å². The Morgan fingerprint density at radius 1 is 0.451 bits per heavy atom. The lowest BCUT2D eigenvalue weighted by Gasteiger charge is -2.28. The summed E-state index contributed by atoms with van der Waals surface area (Å²) in [6.45, 7) is 1.69. The highest BCUT2D eigenvalue weighted by Gasteiger charge is 2.30. The van der Waals surface area contributed by atoms with Crippen molar-refractivity contribution in [1.29, 1.82) is 0 Å². The molecule has 0 heterocycles. The van der Waals surface area contributed by atoms with Crippen LogP contribution in [0.2, 0.25) is 0 Å². The van der Waals surface area contributed by atoms with E-state index in [9.17, 15) is 43.5 Å². The van der Waals surface area contributed by atoms with Crippen molar-refractivity contribution in [3.8, 4) is 0 Å². The summed E-state index contributed by atoms with van der Waals surface area (Å²) >= 11 is 3.80. The third-order valence-electron chi connectivity index (χ3n) is 13.5. The molecule has 0 saturated heterocycles. The SMILES string of the molecule is N[C@@H](CCCCNC(=O)CC[C@H](NC(=O)[C@H]1CC[C@H](CNC(=O)CCCCCCCCCCCCCCCCCCC(=O)O)CC1)C(=O)O)C(=O)NCCCC[C@H](N)C(=O)NCCCC[C@H](NS)C(=O)O. The number of amides is 5. The third kappa shape index (κ3) is 35.7. The molecule has 20 heteroatoms. The predicted octanol–water partition coefficient (Wildman–Crippen LogP) is 5.77. The molecule has 1 rings (SSSR count). The second-order valence-electron chi connectivity index (χ2n) is 19.7. The van der Waals surface area contributed by atoms with Crippen LogP contribution in [0.15, 0.2) is 0 Å². The Hall–Kier alpha value is -4.01. The summed E-state index contributed by atoms with van der Waals surface area (Å²) in [5.74, 6) is -4.07. The zero-order valence-corrected chi connectivity index (χ0v) is 43.7. The number of nitrogens with one attached hydrogen (secondary N) is 6. The van der Waals surface area contributed by atoms with Crippen LogP contribution in [0.25, 0.3) is 0 Å². The standard InChI is InChI=1S/C51H94N8O11S/c52-40(48(65)55-35-21-18-24-41(53)49(66)56-36-22-19-25-43(59-71)51(69)70)23-17-20-34-54-45(61)33-32-42(50(67)68)58-47(64)39-30-28-38(29-31-39)37-57-44(60)26-15-13-11-9-7-5-3-1-2-4-6-8-10-12-14-16-27-46(62)63/h38-43,59,71H,1-37,52-53H2,(H,54,61)(H,55,65)(H,56,66)(H,57,60)(H,58,64)(H,62,63)(H,67,68)(H,69,70)/t38-,39-,40-,41-,42-,43-/m0/s1. The minimum absolute atomic E-state index is 0.0465. The van der Waals surface area contributed by atoms with Gasteiger partial charge in [0.2, 0.25) is 29.5 Å². The van der Waals surface area contributed by atoms with Gasteiger partial charge in [-0.15, -0.1) is 0 Å². The van der Waals surface area contributed by atoms with Gasteiger partial charge in [-0.2, -0.15) is 0 Å². The van der Waals surface area contributed by atoms with E-state index in [0.29, 0.717) is 103 Å². The first-order chi connectivity index (χ1) is 34.1. The number of unbranched alkanes of at least 4 members (excludes halogenated alkanes) is 18. The first-order valence-corrected chi connectivity index (χ1v) is 27.6. The van der Waals surface area contributed by atoms with E-state index in [1.807, 2.05) is 0 Å². The number of thiol groups is 1. The number of carbonyl (C=O) groups excluding carboxylic acids is 5. The van der Waals surface area contributed by atoms with Gasteiger partial charge in [0.05, 0.1) is 12.1 Å². The van der Waals surface area contributed by atoms with Crippen LogP contribution in [0.5, 0.6) is 0 Å². The largest absolute Gasteiger partial charge is 0.481 e. The predicted molar refractivity (Wildman–Crippen MR) is 278 cm³/mol. The lowest BCUT2D eigenvalue weighted by molar-refractivity contribution is -0.143. The van der Waals surface area contributed by atoms with Crippen LogP contribution in [-0.2, 0) is 38.4 Å². The monoisotopic (exact) mass is 1030 g/mol. The van der Waals surface area contributed by atoms with Gasteiger partial charge in [-0.25, -0.2) is 4.79 Å². The van der Waals surface area contributed by atoms with Gasteiger partial charge >= 0.3 is 17.9 Å². The molecule has 410 valence electrons. The van der Waals surface area contributed by atoms with Gasteiger partial charge in [-0.1, -0.05) is 103 Å². The van der Waals surface area contributed by atoms with E-state index < -0.39 is 42.1 Å². The molecule has 4 atom stereocenters. The van der Waals surface area contributed by atoms with Crippen molar-refractivity contribution in [1.82, 2.24) is 31.3 Å². The summed E-state index contributed by atoms with van der Waals surface area (Å²) in [6.07, 6.45) is 27.0. The zero-order chi connectivity index (χ0) is 52.5. The molecule has 0 radical (unpaired) electrons. The van der Waals surface area contributed by atoms with E-state index in [1.54, 1.807) is 0 Å². The minimum atomic E-state index is -1.20. The molecule has 71 heavy (non-hydrogen) atoms. The number of carbonyl (C=O) groups is 8. The maximum absolute atomic E-state index is 13.0. The number of hydrogen-bond acceptors (Lipinski definition) is 12. The highest BCUT2D eigenvalue weighted by molar-refractivity contribution is 7.78. The van der Waals surface area contributed by atoms with Gasteiger partial charge in [0.1, 0.15) is 12.1 Å². The van der Waals surface area contributed by atoms with Gasteiger partial charge in [-0.3, -0.25) is 38.3 Å². The van der Waals surface area contributed by atoms with Crippen molar-refractivity contribution < 1.29 is 53.7 Å². The molecule has 1 fully saturated rings. The molecule has 1 aliphatic rings. The Kier molecular flexibility index (Phi) is 38.9. The van der Waals surface area contributed by atoms with Crippen LogP contribution in [0, 0.1) is 11.8 Å². The Labute approximate surface area is 429 Å². The third-order valence-corrected chi connectivity index (χ3v) is 13.8. The topological polar surface area (TPSA) is 321 Å². The summed E-state index contributed by atoms with van der Waals surface area (Å²) < 4.78 is 2.43. The van der Waals surface area contributed by atoms with Gasteiger partial charge in [0.15, 0.2) is 0 Å². The first-order valence-electron chi connectivity index (χ1n) is 27.1. The Balaban J connectivity index is 2.07. The van der Waals surface area contributed by atoms with Crippen molar-refractivity contribution in [3.05, 3.63) is 0 Å². The van der Waals surface area contributed by atoms with E-state index in [-0.39, 0.29) is 60.6 Å². The molecule has 1 saturated carbocycles. The molecule has 0 unspecified atom stereocenters. The Morgan fingerprint density at radius 3 is 1.30 bits per heavy atom. The van der Waals surface area contributed by atoms with Gasteiger partial charge in [0, 0.05) is 51.4 Å². The highest BCUT2D eigenvalue weighted by atomic mass is 32.1. The lowest BCUT2D eigenvalue weighted by atomic mass is 9.81. The van der Waals surface area contributed by atoms with Crippen molar-refractivity contribution in [2.45, 2.75) is 236 Å². The summed E-state index contributed by atoms with van der Waals surface area (Å²) in [5.41, 5.74) is 12.0. The second-order valence-corrected chi connectivity index (χ2v) is 19.9. The van der Waals surface area contributed by atoms with Gasteiger partial charge in [0.25, 0.3) is 0 Å². The quantitative estimate of drug-likeness (QED) is 0.0255. The van der Waals surface area contributed by atoms with Crippen LogP contribution in [0.4, 0.5) is 0 Å². The lowest BCUT2D eigenvalue weighted by Crippen LogP contribution is -2.45. The fourth-order valence-electron chi connectivity index (χ4n) is 8.79. The van der Waals surface area contributed by atoms with E-state index in [1.165, 1.54) is 64.2 Å². The summed E-state index contributed by atoms with van der Waals surface area (Å²) in [7, 11) is 0. The maximum atomic E-state index is 13.0. The molecule has 19 nitrogen and oxygen atoms in total. The number of aliphatic carboxylic acids is 3. The summed E-state index contributed by atoms with van der Waals surface area (Å²) in [4.78, 5) is 96.1. The van der Waals surface area contributed by atoms with Crippen LogP contribution in [0.1, 0.15) is 212 Å². The number of carboxylic acid groups (broad SMARTS) is 3. The fourth-order valence-corrected chi connectivity index (χ4v) is 9.03. The van der Waals surface area contributed by atoms with Crippen LogP contribution < -0.4 is 42.8 Å². The molecule has 0 aromatic carbocycles.